The van der Waals surface area contributed by atoms with E-state index in [1.54, 1.807) is 20.3 Å². The summed E-state index contributed by atoms with van der Waals surface area (Å²) in [4.78, 5) is 23.1. The fourth-order valence-electron chi connectivity index (χ4n) is 2.44. The van der Waals surface area contributed by atoms with Gasteiger partial charge in [-0.2, -0.15) is 0 Å². The van der Waals surface area contributed by atoms with Crippen LogP contribution < -0.4 is 14.8 Å². The van der Waals surface area contributed by atoms with Crippen LogP contribution in [0.1, 0.15) is 25.3 Å². The van der Waals surface area contributed by atoms with Crippen LogP contribution in [0.4, 0.5) is 0 Å². The molecule has 1 N–H and O–H groups in total. The molecule has 1 aromatic rings. The number of carbonyl (C=O) groups is 2. The number of hydrogen-bond donors (Lipinski definition) is 1. The molecule has 0 fully saturated rings. The van der Waals surface area contributed by atoms with E-state index in [-0.39, 0.29) is 11.7 Å². The summed E-state index contributed by atoms with van der Waals surface area (Å²) in [5.41, 5.74) is 1.88. The number of methoxy groups -OCH3 is 2. The van der Waals surface area contributed by atoms with E-state index in [4.69, 9.17) is 9.47 Å². The number of ketones is 1. The summed E-state index contributed by atoms with van der Waals surface area (Å²) < 4.78 is 10.5. The Labute approximate surface area is 123 Å². The second-order valence-electron chi connectivity index (χ2n) is 4.93. The van der Waals surface area contributed by atoms with Crippen LogP contribution in [0.25, 0.3) is 5.57 Å². The van der Waals surface area contributed by atoms with Gasteiger partial charge in [-0.3, -0.25) is 9.59 Å². The minimum Gasteiger partial charge on any atom is -0.493 e. The summed E-state index contributed by atoms with van der Waals surface area (Å²) in [5, 5.41) is 2.67. The van der Waals surface area contributed by atoms with Crippen molar-refractivity contribution in [3.05, 3.63) is 29.8 Å². The zero-order valence-electron chi connectivity index (χ0n) is 12.4. The first kappa shape index (κ1) is 15.1. The van der Waals surface area contributed by atoms with Gasteiger partial charge in [0.2, 0.25) is 5.91 Å². The molecule has 1 aliphatic carbocycles. The Bertz CT molecular complexity index is 592. The molecule has 0 bridgehead atoms. The minimum atomic E-state index is -0.411. The van der Waals surface area contributed by atoms with Gasteiger partial charge in [0.15, 0.2) is 17.3 Å². The van der Waals surface area contributed by atoms with Crippen LogP contribution in [0.15, 0.2) is 24.3 Å². The van der Waals surface area contributed by atoms with Gasteiger partial charge in [0.05, 0.1) is 20.3 Å². The molecule has 112 valence electrons. The molecule has 1 amide bonds. The van der Waals surface area contributed by atoms with E-state index in [9.17, 15) is 9.59 Å². The van der Waals surface area contributed by atoms with Gasteiger partial charge in [0.25, 0.3) is 0 Å². The number of carbonyl (C=O) groups excluding carboxylic acids is 2. The molecule has 0 aliphatic heterocycles. The maximum absolute atomic E-state index is 12.0. The van der Waals surface area contributed by atoms with Gasteiger partial charge in [-0.25, -0.2) is 0 Å². The third kappa shape index (κ3) is 3.42. The van der Waals surface area contributed by atoms with E-state index in [0.29, 0.717) is 17.9 Å². The number of ether oxygens (including phenoxy) is 2. The highest BCUT2D eigenvalue weighted by atomic mass is 16.5. The normalized spacial score (nSPS) is 18.0. The lowest BCUT2D eigenvalue weighted by atomic mass is 9.89. The predicted octanol–water partition coefficient (Wildman–Crippen LogP) is 1.95. The van der Waals surface area contributed by atoms with Crippen molar-refractivity contribution in [2.24, 2.45) is 0 Å². The lowest BCUT2D eigenvalue weighted by Gasteiger charge is -2.22. The maximum atomic E-state index is 12.0. The van der Waals surface area contributed by atoms with E-state index < -0.39 is 6.04 Å². The topological polar surface area (TPSA) is 64.6 Å². The highest BCUT2D eigenvalue weighted by molar-refractivity contribution is 6.03. The fraction of sp³-hybridized carbons (Fsp3) is 0.375. The summed E-state index contributed by atoms with van der Waals surface area (Å²) in [6, 6.07) is 5.17. The zero-order chi connectivity index (χ0) is 15.4. The molecule has 0 aromatic heterocycles. The molecule has 0 saturated carbocycles. The third-order valence-corrected chi connectivity index (χ3v) is 3.49. The highest BCUT2D eigenvalue weighted by Gasteiger charge is 2.23. The van der Waals surface area contributed by atoms with Crippen LogP contribution in [-0.4, -0.2) is 32.0 Å². The number of nitrogens with one attached hydrogen (secondary N) is 1. The Morgan fingerprint density at radius 2 is 1.95 bits per heavy atom. The largest absolute Gasteiger partial charge is 0.493 e. The second kappa shape index (κ2) is 6.43. The maximum Gasteiger partial charge on any atom is 0.217 e. The van der Waals surface area contributed by atoms with E-state index in [2.05, 4.69) is 5.32 Å². The lowest BCUT2D eigenvalue weighted by Crippen LogP contribution is -2.40. The fourth-order valence-corrected chi connectivity index (χ4v) is 2.44. The summed E-state index contributed by atoms with van der Waals surface area (Å²) in [6.45, 7) is 1.42. The Morgan fingerprint density at radius 1 is 1.24 bits per heavy atom. The molecule has 5 heteroatoms. The first-order valence-electron chi connectivity index (χ1n) is 6.79. The first-order valence-corrected chi connectivity index (χ1v) is 6.79. The molecule has 0 heterocycles. The molecular formula is C16H19NO4. The molecule has 21 heavy (non-hydrogen) atoms. The van der Waals surface area contributed by atoms with E-state index in [0.717, 1.165) is 17.6 Å². The molecule has 0 spiro atoms. The number of rotatable bonds is 4. The smallest absolute Gasteiger partial charge is 0.217 e. The average molecular weight is 289 g/mol. The Kier molecular flexibility index (Phi) is 4.62. The number of allylic oxidation sites excluding steroid dienone is 1. The Balaban J connectivity index is 2.23. The van der Waals surface area contributed by atoms with Crippen LogP contribution in [-0.2, 0) is 9.59 Å². The van der Waals surface area contributed by atoms with Crippen LogP contribution in [0.2, 0.25) is 0 Å². The van der Waals surface area contributed by atoms with Crippen LogP contribution in [0.3, 0.4) is 0 Å². The van der Waals surface area contributed by atoms with Crippen molar-refractivity contribution in [3.63, 3.8) is 0 Å². The van der Waals surface area contributed by atoms with Crippen molar-refractivity contribution in [1.29, 1.82) is 0 Å². The molecule has 5 nitrogen and oxygen atoms in total. The van der Waals surface area contributed by atoms with Crippen molar-refractivity contribution in [2.45, 2.75) is 25.8 Å². The van der Waals surface area contributed by atoms with Crippen LogP contribution >= 0.6 is 0 Å². The Hall–Kier alpha value is -2.30. The van der Waals surface area contributed by atoms with E-state index in [1.165, 1.54) is 6.92 Å². The monoisotopic (exact) mass is 289 g/mol. The quantitative estimate of drug-likeness (QED) is 0.920. The SMILES string of the molecule is COc1ccc(C2=CC(=O)C(NC(C)=O)CC2)cc1OC. The Morgan fingerprint density at radius 3 is 2.52 bits per heavy atom. The molecule has 0 radical (unpaired) electrons. The molecule has 0 saturated heterocycles. The molecule has 1 unspecified atom stereocenters. The van der Waals surface area contributed by atoms with Crippen LogP contribution in [0, 0.1) is 0 Å². The van der Waals surface area contributed by atoms with Crippen molar-refractivity contribution in [2.75, 3.05) is 14.2 Å². The van der Waals surface area contributed by atoms with Crippen LogP contribution in [0.5, 0.6) is 11.5 Å². The molecule has 1 aliphatic rings. The molecular weight excluding hydrogens is 270 g/mol. The summed E-state index contributed by atoms with van der Waals surface area (Å²) in [6.07, 6.45) is 2.94. The van der Waals surface area contributed by atoms with Gasteiger partial charge in [-0.05, 0) is 42.2 Å². The molecule has 2 rings (SSSR count). The second-order valence-corrected chi connectivity index (χ2v) is 4.93. The summed E-state index contributed by atoms with van der Waals surface area (Å²) >= 11 is 0. The van der Waals surface area contributed by atoms with Crippen molar-refractivity contribution >= 4 is 17.3 Å². The number of amides is 1. The summed E-state index contributed by atoms with van der Waals surface area (Å²) in [7, 11) is 3.16. The van der Waals surface area contributed by atoms with Gasteiger partial charge in [-0.15, -0.1) is 0 Å². The summed E-state index contributed by atoms with van der Waals surface area (Å²) in [5.74, 6) is 1.03. The number of benzene rings is 1. The van der Waals surface area contributed by atoms with Gasteiger partial charge < -0.3 is 14.8 Å². The van der Waals surface area contributed by atoms with E-state index in [1.807, 2.05) is 18.2 Å². The average Bonchev–Trinajstić information content (AvgIpc) is 2.48. The third-order valence-electron chi connectivity index (χ3n) is 3.49. The van der Waals surface area contributed by atoms with Crippen molar-refractivity contribution < 1.29 is 19.1 Å². The van der Waals surface area contributed by atoms with Crippen molar-refractivity contribution in [1.82, 2.24) is 5.32 Å². The lowest BCUT2D eigenvalue weighted by molar-refractivity contribution is -0.124. The van der Waals surface area contributed by atoms with Crippen molar-refractivity contribution in [3.8, 4) is 11.5 Å². The molecule has 1 aromatic carbocycles. The van der Waals surface area contributed by atoms with E-state index >= 15 is 0 Å². The molecule has 1 atom stereocenters. The standard InChI is InChI=1S/C16H19NO4/c1-10(18)17-13-6-4-11(8-14(13)19)12-5-7-15(20-2)16(9-12)21-3/h5,7-9,13H,4,6H2,1-3H3,(H,17,18). The van der Waals surface area contributed by atoms with Gasteiger partial charge in [-0.1, -0.05) is 6.07 Å². The predicted molar refractivity (Wildman–Crippen MR) is 79.4 cm³/mol. The van der Waals surface area contributed by atoms with Gasteiger partial charge in [0, 0.05) is 6.92 Å². The number of hydrogen-bond acceptors (Lipinski definition) is 4. The van der Waals surface area contributed by atoms with Gasteiger partial charge in [0.1, 0.15) is 0 Å². The minimum absolute atomic E-state index is 0.0683. The zero-order valence-corrected chi connectivity index (χ0v) is 12.4. The highest BCUT2D eigenvalue weighted by Crippen LogP contribution is 2.33. The first-order chi connectivity index (χ1) is 10.0. The van der Waals surface area contributed by atoms with Gasteiger partial charge >= 0.3 is 0 Å².